The second-order valence-corrected chi connectivity index (χ2v) is 6.25. The molecule has 0 atom stereocenters. The zero-order chi connectivity index (χ0) is 13.5. The Labute approximate surface area is 115 Å². The number of aromatic nitrogens is 1. The Hall–Kier alpha value is -0.490. The maximum Gasteiger partial charge on any atom is 0.107 e. The van der Waals surface area contributed by atoms with Crippen LogP contribution in [0.3, 0.4) is 0 Å². The molecule has 0 radical (unpaired) electrons. The third-order valence-corrected chi connectivity index (χ3v) is 3.52. The minimum absolute atomic E-state index is 0.514. The van der Waals surface area contributed by atoms with Crippen LogP contribution in [0.5, 0.6) is 0 Å². The molecule has 0 aliphatic carbocycles. The van der Waals surface area contributed by atoms with Crippen molar-refractivity contribution < 1.29 is 0 Å². The van der Waals surface area contributed by atoms with Crippen molar-refractivity contribution in [1.82, 2.24) is 20.1 Å². The molecule has 0 aliphatic rings. The van der Waals surface area contributed by atoms with Crippen LogP contribution in [0.4, 0.5) is 0 Å². The monoisotopic (exact) mass is 270 g/mol. The molecule has 0 fully saturated rings. The summed E-state index contributed by atoms with van der Waals surface area (Å²) in [6.45, 7) is 8.29. The fourth-order valence-corrected chi connectivity index (χ4v) is 2.26. The lowest BCUT2D eigenvalue weighted by molar-refractivity contribution is 0.274. The number of hydrogen-bond acceptors (Lipinski definition) is 5. The quantitative estimate of drug-likeness (QED) is 0.778. The minimum Gasteiger partial charge on any atom is -0.308 e. The first-order chi connectivity index (χ1) is 8.47. The Balaban J connectivity index is 2.34. The maximum absolute atomic E-state index is 4.65. The molecule has 1 aromatic rings. The first-order valence-corrected chi connectivity index (χ1v) is 7.35. The van der Waals surface area contributed by atoms with Crippen LogP contribution in [0.1, 0.15) is 24.5 Å². The third kappa shape index (κ3) is 6.44. The van der Waals surface area contributed by atoms with E-state index in [0.29, 0.717) is 6.04 Å². The van der Waals surface area contributed by atoms with E-state index in [1.165, 1.54) is 10.7 Å². The Bertz CT molecular complexity index is 335. The van der Waals surface area contributed by atoms with Crippen molar-refractivity contribution in [1.29, 1.82) is 0 Å². The largest absolute Gasteiger partial charge is 0.308 e. The molecule has 4 nitrogen and oxygen atoms in total. The number of nitrogens with zero attached hydrogens (tertiary/aromatic N) is 3. The van der Waals surface area contributed by atoms with Crippen LogP contribution in [-0.4, -0.2) is 55.1 Å². The molecule has 0 saturated carbocycles. The standard InChI is InChI=1S/C13H26N4S/c1-11(2)14-8-13-15-12(10-18-13)9-17(5)7-6-16(3)4/h10-11,14H,6-9H2,1-5H3. The van der Waals surface area contributed by atoms with Gasteiger partial charge < -0.3 is 10.2 Å². The summed E-state index contributed by atoms with van der Waals surface area (Å²) in [5.41, 5.74) is 1.18. The molecule has 0 aromatic carbocycles. The molecule has 5 heteroatoms. The summed E-state index contributed by atoms with van der Waals surface area (Å²) in [6.07, 6.45) is 0. The number of nitrogens with one attached hydrogen (secondary N) is 1. The molecule has 0 unspecified atom stereocenters. The summed E-state index contributed by atoms with van der Waals surface area (Å²) in [5, 5.41) is 6.75. The van der Waals surface area contributed by atoms with Gasteiger partial charge in [-0.25, -0.2) is 4.98 Å². The van der Waals surface area contributed by atoms with Crippen molar-refractivity contribution in [2.45, 2.75) is 33.0 Å². The molecule has 18 heavy (non-hydrogen) atoms. The summed E-state index contributed by atoms with van der Waals surface area (Å²) >= 11 is 1.75. The number of hydrogen-bond donors (Lipinski definition) is 1. The van der Waals surface area contributed by atoms with E-state index in [0.717, 1.165) is 26.2 Å². The van der Waals surface area contributed by atoms with Crippen LogP contribution in [0.15, 0.2) is 5.38 Å². The van der Waals surface area contributed by atoms with Crippen molar-refractivity contribution in [3.63, 3.8) is 0 Å². The highest BCUT2D eigenvalue weighted by molar-refractivity contribution is 7.09. The molecule has 0 bridgehead atoms. The Morgan fingerprint density at radius 2 is 2.00 bits per heavy atom. The highest BCUT2D eigenvalue weighted by atomic mass is 32.1. The van der Waals surface area contributed by atoms with Crippen LogP contribution in [-0.2, 0) is 13.1 Å². The molecule has 104 valence electrons. The third-order valence-electron chi connectivity index (χ3n) is 2.62. The van der Waals surface area contributed by atoms with E-state index in [1.54, 1.807) is 11.3 Å². The van der Waals surface area contributed by atoms with Gasteiger partial charge in [0.1, 0.15) is 5.01 Å². The van der Waals surface area contributed by atoms with Gasteiger partial charge in [-0.2, -0.15) is 0 Å². The lowest BCUT2D eigenvalue weighted by Gasteiger charge is -2.18. The molecule has 1 rings (SSSR count). The van der Waals surface area contributed by atoms with E-state index in [9.17, 15) is 0 Å². The van der Waals surface area contributed by atoms with E-state index >= 15 is 0 Å². The molecular weight excluding hydrogens is 244 g/mol. The normalized spacial score (nSPS) is 12.0. The van der Waals surface area contributed by atoms with Gasteiger partial charge in [-0.05, 0) is 21.1 Å². The molecule has 0 amide bonds. The van der Waals surface area contributed by atoms with Gasteiger partial charge in [-0.1, -0.05) is 13.8 Å². The average Bonchev–Trinajstić information content (AvgIpc) is 2.71. The van der Waals surface area contributed by atoms with Gasteiger partial charge in [0.25, 0.3) is 0 Å². The van der Waals surface area contributed by atoms with Crippen molar-refractivity contribution >= 4 is 11.3 Å². The first kappa shape index (κ1) is 15.6. The van der Waals surface area contributed by atoms with Crippen LogP contribution in [0.2, 0.25) is 0 Å². The summed E-state index contributed by atoms with van der Waals surface area (Å²) < 4.78 is 0. The fraction of sp³-hybridized carbons (Fsp3) is 0.769. The van der Waals surface area contributed by atoms with Crippen molar-refractivity contribution in [2.75, 3.05) is 34.2 Å². The number of likely N-dealkylation sites (N-methyl/N-ethyl adjacent to an activating group) is 2. The molecule has 0 spiro atoms. The lowest BCUT2D eigenvalue weighted by atomic mass is 10.4. The highest BCUT2D eigenvalue weighted by Gasteiger charge is 2.06. The summed E-state index contributed by atoms with van der Waals surface area (Å²) in [5.74, 6) is 0. The molecule has 0 aliphatic heterocycles. The van der Waals surface area contributed by atoms with Crippen LogP contribution < -0.4 is 5.32 Å². The average molecular weight is 270 g/mol. The molecule has 1 heterocycles. The van der Waals surface area contributed by atoms with E-state index in [4.69, 9.17) is 0 Å². The van der Waals surface area contributed by atoms with Crippen LogP contribution >= 0.6 is 11.3 Å². The molecule has 1 aromatic heterocycles. The van der Waals surface area contributed by atoms with Gasteiger partial charge in [0.15, 0.2) is 0 Å². The first-order valence-electron chi connectivity index (χ1n) is 6.47. The zero-order valence-corrected chi connectivity index (χ0v) is 13.0. The number of thiazole rings is 1. The summed E-state index contributed by atoms with van der Waals surface area (Å²) in [4.78, 5) is 9.17. The van der Waals surface area contributed by atoms with Crippen molar-refractivity contribution in [3.05, 3.63) is 16.1 Å². The van der Waals surface area contributed by atoms with Gasteiger partial charge in [0.2, 0.25) is 0 Å². The van der Waals surface area contributed by atoms with E-state index < -0.39 is 0 Å². The van der Waals surface area contributed by atoms with E-state index in [1.807, 2.05) is 0 Å². The maximum atomic E-state index is 4.65. The topological polar surface area (TPSA) is 31.4 Å². The van der Waals surface area contributed by atoms with Crippen LogP contribution in [0, 0.1) is 0 Å². The Kier molecular flexibility index (Phi) is 6.78. The van der Waals surface area contributed by atoms with Gasteiger partial charge >= 0.3 is 0 Å². The Morgan fingerprint density at radius 1 is 1.28 bits per heavy atom. The van der Waals surface area contributed by atoms with E-state index in [2.05, 4.69) is 60.5 Å². The highest BCUT2D eigenvalue weighted by Crippen LogP contribution is 2.11. The second kappa shape index (κ2) is 7.84. The van der Waals surface area contributed by atoms with Gasteiger partial charge in [-0.3, -0.25) is 4.90 Å². The van der Waals surface area contributed by atoms with Crippen molar-refractivity contribution in [3.8, 4) is 0 Å². The molecule has 0 saturated heterocycles. The number of rotatable bonds is 8. The predicted octanol–water partition coefficient (Wildman–Crippen LogP) is 1.63. The minimum atomic E-state index is 0.514. The molecular formula is C13H26N4S. The van der Waals surface area contributed by atoms with E-state index in [-0.39, 0.29) is 0 Å². The van der Waals surface area contributed by atoms with Crippen LogP contribution in [0.25, 0.3) is 0 Å². The van der Waals surface area contributed by atoms with Gasteiger partial charge in [0, 0.05) is 37.6 Å². The predicted molar refractivity (Wildman–Crippen MR) is 79.0 cm³/mol. The smallest absolute Gasteiger partial charge is 0.107 e. The lowest BCUT2D eigenvalue weighted by Crippen LogP contribution is -2.28. The summed E-state index contributed by atoms with van der Waals surface area (Å²) in [6, 6.07) is 0.514. The SMILES string of the molecule is CC(C)NCc1nc(CN(C)CCN(C)C)cs1. The fourth-order valence-electron chi connectivity index (χ4n) is 1.52. The zero-order valence-electron chi connectivity index (χ0n) is 12.2. The molecule has 1 N–H and O–H groups in total. The summed E-state index contributed by atoms with van der Waals surface area (Å²) in [7, 11) is 6.35. The van der Waals surface area contributed by atoms with Gasteiger partial charge in [-0.15, -0.1) is 11.3 Å². The second-order valence-electron chi connectivity index (χ2n) is 5.31. The Morgan fingerprint density at radius 3 is 2.61 bits per heavy atom. The van der Waals surface area contributed by atoms with Gasteiger partial charge in [0.05, 0.1) is 5.69 Å². The van der Waals surface area contributed by atoms with Crippen molar-refractivity contribution in [2.24, 2.45) is 0 Å².